The van der Waals surface area contributed by atoms with Gasteiger partial charge in [0.1, 0.15) is 17.7 Å². The first-order valence-corrected chi connectivity index (χ1v) is 6.25. The second-order valence-electron chi connectivity index (χ2n) is 4.71. The average molecular weight is 263 g/mol. The van der Waals surface area contributed by atoms with Crippen LogP contribution in [0.1, 0.15) is 28.6 Å². The van der Waals surface area contributed by atoms with E-state index in [1.807, 2.05) is 12.1 Å². The van der Waals surface area contributed by atoms with Gasteiger partial charge in [0.2, 0.25) is 0 Å². The highest BCUT2D eigenvalue weighted by atomic mass is 19.1. The molecule has 0 aliphatic heterocycles. The number of hydrogen-bond acceptors (Lipinski definition) is 3. The van der Waals surface area contributed by atoms with E-state index in [2.05, 4.69) is 5.32 Å². The largest absolute Gasteiger partial charge is 0.467 e. The fourth-order valence-corrected chi connectivity index (χ4v) is 2.07. The Morgan fingerprint density at radius 2 is 2.00 bits per heavy atom. The summed E-state index contributed by atoms with van der Waals surface area (Å²) in [5, 5.41) is 13.0. The first-order chi connectivity index (χ1) is 9.08. The molecule has 2 aromatic rings. The summed E-state index contributed by atoms with van der Waals surface area (Å²) in [6.07, 6.45) is 0.864. The lowest BCUT2D eigenvalue weighted by atomic mass is 10.1. The van der Waals surface area contributed by atoms with Gasteiger partial charge in [0.15, 0.2) is 0 Å². The lowest BCUT2D eigenvalue weighted by molar-refractivity contribution is 0.147. The van der Waals surface area contributed by atoms with Gasteiger partial charge in [-0.1, -0.05) is 12.1 Å². The van der Waals surface area contributed by atoms with Crippen molar-refractivity contribution in [2.75, 3.05) is 6.54 Å². The van der Waals surface area contributed by atoms with Gasteiger partial charge in [-0.05, 0) is 42.7 Å². The molecule has 1 aromatic carbocycles. The second-order valence-corrected chi connectivity index (χ2v) is 4.71. The Bertz CT molecular complexity index is 514. The minimum Gasteiger partial charge on any atom is -0.467 e. The van der Waals surface area contributed by atoms with Crippen molar-refractivity contribution in [3.8, 4) is 0 Å². The van der Waals surface area contributed by atoms with Crippen molar-refractivity contribution >= 4 is 0 Å². The van der Waals surface area contributed by atoms with Crippen LogP contribution in [0.25, 0.3) is 0 Å². The van der Waals surface area contributed by atoms with E-state index in [0.29, 0.717) is 30.0 Å². The van der Waals surface area contributed by atoms with Crippen LogP contribution in [-0.4, -0.2) is 11.7 Å². The Labute approximate surface area is 112 Å². The number of aryl methyl sites for hydroxylation is 2. The highest BCUT2D eigenvalue weighted by Crippen LogP contribution is 2.15. The molecule has 2 N–H and O–H groups in total. The molecular weight excluding hydrogens is 245 g/mol. The van der Waals surface area contributed by atoms with Crippen molar-refractivity contribution in [1.82, 2.24) is 5.32 Å². The lowest BCUT2D eigenvalue weighted by Crippen LogP contribution is -2.21. The minimum absolute atomic E-state index is 0.153. The number of halogens is 1. The summed E-state index contributed by atoms with van der Waals surface area (Å²) >= 11 is 0. The van der Waals surface area contributed by atoms with Crippen LogP contribution in [0, 0.1) is 19.7 Å². The molecule has 0 saturated carbocycles. The Morgan fingerprint density at radius 1 is 1.32 bits per heavy atom. The van der Waals surface area contributed by atoms with E-state index in [-0.39, 0.29) is 5.82 Å². The maximum atomic E-state index is 13.5. The van der Waals surface area contributed by atoms with Gasteiger partial charge in [-0.3, -0.25) is 0 Å². The Balaban J connectivity index is 1.89. The molecule has 0 aliphatic carbocycles. The van der Waals surface area contributed by atoms with E-state index in [4.69, 9.17) is 4.42 Å². The number of rotatable bonds is 5. The zero-order valence-electron chi connectivity index (χ0n) is 11.1. The summed E-state index contributed by atoms with van der Waals surface area (Å²) in [4.78, 5) is 0. The third-order valence-corrected chi connectivity index (χ3v) is 3.03. The molecule has 0 radical (unpaired) electrons. The molecule has 2 rings (SSSR count). The van der Waals surface area contributed by atoms with E-state index in [1.165, 1.54) is 6.26 Å². The highest BCUT2D eigenvalue weighted by molar-refractivity contribution is 5.30. The number of nitrogens with one attached hydrogen (secondary N) is 1. The van der Waals surface area contributed by atoms with Gasteiger partial charge in [-0.15, -0.1) is 0 Å². The molecular formula is C15H18FNO2. The fraction of sp³-hybridized carbons (Fsp3) is 0.333. The fourth-order valence-electron chi connectivity index (χ4n) is 2.07. The Morgan fingerprint density at radius 3 is 2.58 bits per heavy atom. The first kappa shape index (κ1) is 13.8. The average Bonchev–Trinajstić information content (AvgIpc) is 2.89. The summed E-state index contributed by atoms with van der Waals surface area (Å²) in [7, 11) is 0. The predicted molar refractivity (Wildman–Crippen MR) is 71.2 cm³/mol. The molecule has 0 aliphatic rings. The molecule has 102 valence electrons. The molecule has 1 heterocycles. The van der Waals surface area contributed by atoms with Crippen molar-refractivity contribution in [2.24, 2.45) is 0 Å². The minimum atomic E-state index is -0.669. The molecule has 0 saturated heterocycles. The van der Waals surface area contributed by atoms with Crippen LogP contribution in [0.4, 0.5) is 4.39 Å². The third-order valence-electron chi connectivity index (χ3n) is 3.03. The Hall–Kier alpha value is -1.65. The van der Waals surface area contributed by atoms with E-state index in [1.54, 1.807) is 26.0 Å². The molecule has 0 spiro atoms. The second kappa shape index (κ2) is 5.99. The molecule has 0 fully saturated rings. The normalized spacial score (nSPS) is 12.6. The summed E-state index contributed by atoms with van der Waals surface area (Å²) in [6, 6.07) is 7.10. The maximum Gasteiger partial charge on any atom is 0.133 e. The van der Waals surface area contributed by atoms with Gasteiger partial charge in [0, 0.05) is 13.1 Å². The number of hydrogen-bond donors (Lipinski definition) is 2. The smallest absolute Gasteiger partial charge is 0.133 e. The van der Waals surface area contributed by atoms with Crippen LogP contribution < -0.4 is 5.32 Å². The summed E-state index contributed by atoms with van der Waals surface area (Å²) in [6.45, 7) is 4.48. The summed E-state index contributed by atoms with van der Waals surface area (Å²) in [5.74, 6) is 0.387. The van der Waals surface area contributed by atoms with Crippen molar-refractivity contribution in [3.63, 3.8) is 0 Å². The number of furan rings is 1. The third kappa shape index (κ3) is 3.43. The zero-order chi connectivity index (χ0) is 13.8. The quantitative estimate of drug-likeness (QED) is 0.872. The predicted octanol–water partition coefficient (Wildman–Crippen LogP) is 2.86. The van der Waals surface area contributed by atoms with Gasteiger partial charge < -0.3 is 14.8 Å². The van der Waals surface area contributed by atoms with Gasteiger partial charge in [-0.25, -0.2) is 4.39 Å². The van der Waals surface area contributed by atoms with Crippen LogP contribution in [0.3, 0.4) is 0 Å². The monoisotopic (exact) mass is 263 g/mol. The van der Waals surface area contributed by atoms with Crippen molar-refractivity contribution in [3.05, 3.63) is 58.8 Å². The van der Waals surface area contributed by atoms with Crippen LogP contribution >= 0.6 is 0 Å². The zero-order valence-corrected chi connectivity index (χ0v) is 11.1. The van der Waals surface area contributed by atoms with Crippen LogP contribution in [0.2, 0.25) is 0 Å². The number of aliphatic hydroxyl groups is 1. The van der Waals surface area contributed by atoms with E-state index < -0.39 is 6.10 Å². The molecule has 1 aromatic heterocycles. The van der Waals surface area contributed by atoms with Crippen LogP contribution in [0.15, 0.2) is 34.9 Å². The Kier molecular flexibility index (Phi) is 4.35. The van der Waals surface area contributed by atoms with Crippen molar-refractivity contribution < 1.29 is 13.9 Å². The molecule has 1 unspecified atom stereocenters. The SMILES string of the molecule is Cc1cc(CNCC(O)c2ccco2)cc(C)c1F. The van der Waals surface area contributed by atoms with Gasteiger partial charge in [-0.2, -0.15) is 0 Å². The molecule has 1 atom stereocenters. The molecule has 3 nitrogen and oxygen atoms in total. The molecule has 19 heavy (non-hydrogen) atoms. The van der Waals surface area contributed by atoms with Crippen molar-refractivity contribution in [1.29, 1.82) is 0 Å². The topological polar surface area (TPSA) is 45.4 Å². The van der Waals surface area contributed by atoms with Gasteiger partial charge in [0.05, 0.1) is 6.26 Å². The van der Waals surface area contributed by atoms with E-state index in [0.717, 1.165) is 5.56 Å². The summed E-state index contributed by atoms with van der Waals surface area (Å²) < 4.78 is 18.6. The van der Waals surface area contributed by atoms with E-state index >= 15 is 0 Å². The van der Waals surface area contributed by atoms with Gasteiger partial charge in [0.25, 0.3) is 0 Å². The first-order valence-electron chi connectivity index (χ1n) is 6.25. The highest BCUT2D eigenvalue weighted by Gasteiger charge is 2.10. The van der Waals surface area contributed by atoms with E-state index in [9.17, 15) is 9.50 Å². The lowest BCUT2D eigenvalue weighted by Gasteiger charge is -2.11. The van der Waals surface area contributed by atoms with Crippen molar-refractivity contribution in [2.45, 2.75) is 26.5 Å². The molecule has 0 amide bonds. The summed E-state index contributed by atoms with van der Waals surface area (Å²) in [5.41, 5.74) is 2.29. The number of benzene rings is 1. The maximum absolute atomic E-state index is 13.5. The standard InChI is InChI=1S/C15H18FNO2/c1-10-6-12(7-11(2)15(10)16)8-17-9-13(18)14-4-3-5-19-14/h3-7,13,17-18H,8-9H2,1-2H3. The molecule has 0 bridgehead atoms. The van der Waals surface area contributed by atoms with Crippen LogP contribution in [-0.2, 0) is 6.54 Å². The van der Waals surface area contributed by atoms with Crippen LogP contribution in [0.5, 0.6) is 0 Å². The molecule has 4 heteroatoms. The van der Waals surface area contributed by atoms with Gasteiger partial charge >= 0.3 is 0 Å². The number of aliphatic hydroxyl groups excluding tert-OH is 1.